The molecule has 1 saturated heterocycles. The van der Waals surface area contributed by atoms with Crippen molar-refractivity contribution in [3.8, 4) is 5.75 Å². The third-order valence-corrected chi connectivity index (χ3v) is 3.04. The number of carboxylic acids is 1. The minimum atomic E-state index is -0.813. The zero-order valence-corrected chi connectivity index (χ0v) is 11.3. The number of ether oxygens (including phenoxy) is 1. The van der Waals surface area contributed by atoms with Crippen molar-refractivity contribution < 1.29 is 14.6 Å². The molecule has 1 atom stereocenters. The number of benzene rings is 1. The van der Waals surface area contributed by atoms with E-state index in [4.69, 9.17) is 9.84 Å². The van der Waals surface area contributed by atoms with Crippen LogP contribution in [0.25, 0.3) is 0 Å². The van der Waals surface area contributed by atoms with Gasteiger partial charge in [-0.1, -0.05) is 12.1 Å². The van der Waals surface area contributed by atoms with Gasteiger partial charge in [0.2, 0.25) is 0 Å². The van der Waals surface area contributed by atoms with Gasteiger partial charge >= 0.3 is 5.97 Å². The Morgan fingerprint density at radius 1 is 1.47 bits per heavy atom. The molecule has 2 N–H and O–H groups in total. The number of para-hydroxylation sites is 2. The summed E-state index contributed by atoms with van der Waals surface area (Å²) in [5, 5.41) is 12.1. The normalized spacial score (nSPS) is 19.5. The van der Waals surface area contributed by atoms with E-state index in [9.17, 15) is 4.79 Å². The topological polar surface area (TPSA) is 61.8 Å². The van der Waals surface area contributed by atoms with Crippen LogP contribution in [0.3, 0.4) is 0 Å². The Bertz CT molecular complexity index is 448. The van der Waals surface area contributed by atoms with E-state index in [-0.39, 0.29) is 6.10 Å². The van der Waals surface area contributed by atoms with Crippen LogP contribution in [0.15, 0.2) is 24.3 Å². The molecule has 5 heteroatoms. The number of nitrogens with one attached hydrogen (secondary N) is 1. The van der Waals surface area contributed by atoms with Crippen LogP contribution in [0.1, 0.15) is 13.8 Å². The van der Waals surface area contributed by atoms with Crippen molar-refractivity contribution in [2.24, 2.45) is 0 Å². The lowest BCUT2D eigenvalue weighted by Gasteiger charge is -2.34. The minimum Gasteiger partial charge on any atom is -0.489 e. The predicted molar refractivity (Wildman–Crippen MR) is 73.8 cm³/mol. The first-order valence-electron chi connectivity index (χ1n) is 6.54. The highest BCUT2D eigenvalue weighted by molar-refractivity contribution is 5.75. The molecule has 104 valence electrons. The summed E-state index contributed by atoms with van der Waals surface area (Å²) < 4.78 is 5.78. The number of hydrogen-bond acceptors (Lipinski definition) is 4. The van der Waals surface area contributed by atoms with E-state index in [0.717, 1.165) is 18.0 Å². The Labute approximate surface area is 113 Å². The van der Waals surface area contributed by atoms with Gasteiger partial charge in [-0.2, -0.15) is 0 Å². The number of carbonyl (C=O) groups is 1. The molecule has 0 bridgehead atoms. The zero-order chi connectivity index (χ0) is 13.8. The summed E-state index contributed by atoms with van der Waals surface area (Å²) >= 11 is 0. The standard InChI is InChI=1S/C14H20N2O3/c1-10(2)19-13-6-4-3-5-12(13)16-8-7-15-11(9-16)14(17)18/h3-6,10-11,15H,7-9H2,1-2H3,(H,17,18). The van der Waals surface area contributed by atoms with E-state index in [2.05, 4.69) is 10.2 Å². The van der Waals surface area contributed by atoms with Crippen molar-refractivity contribution in [3.05, 3.63) is 24.3 Å². The highest BCUT2D eigenvalue weighted by Crippen LogP contribution is 2.29. The molecule has 1 aromatic rings. The fourth-order valence-corrected chi connectivity index (χ4v) is 2.21. The Kier molecular flexibility index (Phi) is 4.27. The first-order chi connectivity index (χ1) is 9.08. The predicted octanol–water partition coefficient (Wildman–Crippen LogP) is 1.34. The molecule has 0 saturated carbocycles. The van der Waals surface area contributed by atoms with Crippen molar-refractivity contribution in [3.63, 3.8) is 0 Å². The number of piperazine rings is 1. The maximum atomic E-state index is 11.1. The van der Waals surface area contributed by atoms with Crippen LogP contribution >= 0.6 is 0 Å². The van der Waals surface area contributed by atoms with Gasteiger partial charge < -0.3 is 20.1 Å². The van der Waals surface area contributed by atoms with Crippen molar-refractivity contribution in [2.45, 2.75) is 26.0 Å². The summed E-state index contributed by atoms with van der Waals surface area (Å²) in [6, 6.07) is 7.24. The first kappa shape index (κ1) is 13.7. The highest BCUT2D eigenvalue weighted by Gasteiger charge is 2.26. The van der Waals surface area contributed by atoms with Crippen molar-refractivity contribution in [1.82, 2.24) is 5.32 Å². The number of hydrogen-bond donors (Lipinski definition) is 2. The maximum absolute atomic E-state index is 11.1. The molecule has 0 aliphatic carbocycles. The molecule has 1 heterocycles. The molecule has 0 aromatic heterocycles. The lowest BCUT2D eigenvalue weighted by molar-refractivity contribution is -0.139. The van der Waals surface area contributed by atoms with Crippen LogP contribution in [0.5, 0.6) is 5.75 Å². The van der Waals surface area contributed by atoms with Gasteiger partial charge in [-0.25, -0.2) is 0 Å². The second-order valence-electron chi connectivity index (χ2n) is 4.93. The summed E-state index contributed by atoms with van der Waals surface area (Å²) in [7, 11) is 0. The lowest BCUT2D eigenvalue weighted by Crippen LogP contribution is -2.54. The monoisotopic (exact) mass is 264 g/mol. The molecule has 1 fully saturated rings. The van der Waals surface area contributed by atoms with Gasteiger partial charge in [0.1, 0.15) is 11.8 Å². The number of rotatable bonds is 4. The van der Waals surface area contributed by atoms with Gasteiger partial charge in [0.15, 0.2) is 0 Å². The third kappa shape index (κ3) is 3.38. The molecule has 1 aliphatic rings. The molecule has 0 radical (unpaired) electrons. The van der Waals surface area contributed by atoms with Gasteiger partial charge in [0.05, 0.1) is 11.8 Å². The summed E-state index contributed by atoms with van der Waals surface area (Å²) in [4.78, 5) is 13.1. The zero-order valence-electron chi connectivity index (χ0n) is 11.3. The molecule has 1 aliphatic heterocycles. The van der Waals surface area contributed by atoms with Crippen molar-refractivity contribution in [1.29, 1.82) is 0 Å². The lowest BCUT2D eigenvalue weighted by atomic mass is 10.1. The van der Waals surface area contributed by atoms with E-state index in [1.165, 1.54) is 0 Å². The van der Waals surface area contributed by atoms with Crippen LogP contribution in [0, 0.1) is 0 Å². The van der Waals surface area contributed by atoms with Crippen molar-refractivity contribution in [2.75, 3.05) is 24.5 Å². The molecule has 19 heavy (non-hydrogen) atoms. The fourth-order valence-electron chi connectivity index (χ4n) is 2.21. The van der Waals surface area contributed by atoms with Crippen LogP contribution in [0.4, 0.5) is 5.69 Å². The van der Waals surface area contributed by atoms with Crippen LogP contribution in [-0.4, -0.2) is 42.9 Å². The van der Waals surface area contributed by atoms with Crippen LogP contribution < -0.4 is 15.0 Å². The maximum Gasteiger partial charge on any atom is 0.322 e. The van der Waals surface area contributed by atoms with Crippen LogP contribution in [0.2, 0.25) is 0 Å². The summed E-state index contributed by atoms with van der Waals surface area (Å²) in [6.07, 6.45) is 0.0966. The molecule has 5 nitrogen and oxygen atoms in total. The number of anilines is 1. The smallest absolute Gasteiger partial charge is 0.322 e. The third-order valence-electron chi connectivity index (χ3n) is 3.04. The quantitative estimate of drug-likeness (QED) is 0.859. The van der Waals surface area contributed by atoms with Gasteiger partial charge in [-0.05, 0) is 26.0 Å². The summed E-state index contributed by atoms with van der Waals surface area (Å²) in [5.74, 6) is -0.00417. The molecular weight excluding hydrogens is 244 g/mol. The molecule has 1 aromatic carbocycles. The second-order valence-corrected chi connectivity index (χ2v) is 4.93. The van der Waals surface area contributed by atoms with Crippen LogP contribution in [-0.2, 0) is 4.79 Å². The Morgan fingerprint density at radius 2 is 2.21 bits per heavy atom. The summed E-state index contributed by atoms with van der Waals surface area (Å²) in [5.41, 5.74) is 0.962. The number of nitrogens with zero attached hydrogens (tertiary/aromatic N) is 1. The number of carboxylic acid groups (broad SMARTS) is 1. The average molecular weight is 264 g/mol. The first-order valence-corrected chi connectivity index (χ1v) is 6.54. The number of aliphatic carboxylic acids is 1. The fraction of sp³-hybridized carbons (Fsp3) is 0.500. The van der Waals surface area contributed by atoms with Gasteiger partial charge in [0.25, 0.3) is 0 Å². The van der Waals surface area contributed by atoms with Gasteiger partial charge in [0, 0.05) is 19.6 Å². The van der Waals surface area contributed by atoms with E-state index in [1.54, 1.807) is 0 Å². The average Bonchev–Trinajstić information content (AvgIpc) is 2.39. The molecular formula is C14H20N2O3. The largest absolute Gasteiger partial charge is 0.489 e. The van der Waals surface area contributed by atoms with E-state index in [0.29, 0.717) is 13.1 Å². The van der Waals surface area contributed by atoms with E-state index >= 15 is 0 Å². The Hall–Kier alpha value is -1.75. The van der Waals surface area contributed by atoms with Gasteiger partial charge in [-0.15, -0.1) is 0 Å². The van der Waals surface area contributed by atoms with E-state index < -0.39 is 12.0 Å². The molecule has 1 unspecified atom stereocenters. The van der Waals surface area contributed by atoms with Gasteiger partial charge in [-0.3, -0.25) is 4.79 Å². The second kappa shape index (κ2) is 5.93. The Morgan fingerprint density at radius 3 is 2.89 bits per heavy atom. The van der Waals surface area contributed by atoms with Crippen molar-refractivity contribution >= 4 is 11.7 Å². The Balaban J connectivity index is 2.18. The molecule has 0 amide bonds. The molecule has 0 spiro atoms. The SMILES string of the molecule is CC(C)Oc1ccccc1N1CCNC(C(=O)O)C1. The highest BCUT2D eigenvalue weighted by atomic mass is 16.5. The van der Waals surface area contributed by atoms with E-state index in [1.807, 2.05) is 38.1 Å². The minimum absolute atomic E-state index is 0.0966. The summed E-state index contributed by atoms with van der Waals surface area (Å²) in [6.45, 7) is 5.85. The molecule has 2 rings (SSSR count).